The van der Waals surface area contributed by atoms with Gasteiger partial charge in [0, 0.05) is 21.1 Å². The number of benzene rings is 2. The van der Waals surface area contributed by atoms with Crippen molar-refractivity contribution in [3.05, 3.63) is 61.5 Å². The normalized spacial score (nSPS) is 10.4. The van der Waals surface area contributed by atoms with E-state index < -0.39 is 0 Å². The average Bonchev–Trinajstić information content (AvgIpc) is 2.32. The predicted molar refractivity (Wildman–Crippen MR) is 82.9 cm³/mol. The van der Waals surface area contributed by atoms with E-state index in [1.807, 2.05) is 30.3 Å². The van der Waals surface area contributed by atoms with Gasteiger partial charge in [0.25, 0.3) is 0 Å². The van der Waals surface area contributed by atoms with Crippen LogP contribution in [0.3, 0.4) is 0 Å². The smallest absolute Gasteiger partial charge is 0.0638 e. The summed E-state index contributed by atoms with van der Waals surface area (Å²) in [7, 11) is 0. The minimum absolute atomic E-state index is 0.589. The molecule has 18 heavy (non-hydrogen) atoms. The van der Waals surface area contributed by atoms with Crippen LogP contribution in [0.2, 0.25) is 15.1 Å². The maximum Gasteiger partial charge on any atom is 0.0638 e. The summed E-state index contributed by atoms with van der Waals surface area (Å²) >= 11 is 21.4. The van der Waals surface area contributed by atoms with Gasteiger partial charge < -0.3 is 5.32 Å². The molecule has 94 valence electrons. The number of rotatable bonds is 3. The van der Waals surface area contributed by atoms with Gasteiger partial charge in [-0.1, -0.05) is 56.8 Å². The van der Waals surface area contributed by atoms with E-state index in [0.717, 1.165) is 15.7 Å². The molecule has 0 radical (unpaired) electrons. The fourth-order valence-electron chi connectivity index (χ4n) is 1.49. The quantitative estimate of drug-likeness (QED) is 0.701. The highest BCUT2D eigenvalue weighted by molar-refractivity contribution is 9.10. The molecule has 0 aliphatic heterocycles. The maximum absolute atomic E-state index is 6.10. The number of hydrogen-bond donors (Lipinski definition) is 1. The fourth-order valence-corrected chi connectivity index (χ4v) is 2.51. The van der Waals surface area contributed by atoms with Crippen molar-refractivity contribution < 1.29 is 0 Å². The van der Waals surface area contributed by atoms with Crippen molar-refractivity contribution in [2.45, 2.75) is 6.54 Å². The lowest BCUT2D eigenvalue weighted by molar-refractivity contribution is 1.15. The van der Waals surface area contributed by atoms with E-state index in [-0.39, 0.29) is 0 Å². The summed E-state index contributed by atoms with van der Waals surface area (Å²) in [5.41, 5.74) is 1.83. The third-order valence-electron chi connectivity index (χ3n) is 2.41. The Bertz CT molecular complexity index is 572. The van der Waals surface area contributed by atoms with Crippen molar-refractivity contribution in [2.75, 3.05) is 5.32 Å². The Kier molecular flexibility index (Phi) is 4.79. The zero-order valence-electron chi connectivity index (χ0n) is 9.18. The highest BCUT2D eigenvalue weighted by Gasteiger charge is 2.04. The topological polar surface area (TPSA) is 12.0 Å². The molecule has 5 heteroatoms. The lowest BCUT2D eigenvalue weighted by atomic mass is 10.2. The van der Waals surface area contributed by atoms with Crippen LogP contribution in [0.5, 0.6) is 0 Å². The van der Waals surface area contributed by atoms with Gasteiger partial charge in [-0.3, -0.25) is 0 Å². The Hall–Kier alpha value is -0.410. The SMILES string of the molecule is Clc1ccc(CNc2cc(Br)ccc2Cl)c(Cl)c1. The van der Waals surface area contributed by atoms with E-state index in [9.17, 15) is 0 Å². The van der Waals surface area contributed by atoms with Crippen LogP contribution in [0, 0.1) is 0 Å². The number of anilines is 1. The van der Waals surface area contributed by atoms with E-state index >= 15 is 0 Å². The molecular formula is C13H9BrCl3N. The zero-order chi connectivity index (χ0) is 13.1. The van der Waals surface area contributed by atoms with Gasteiger partial charge in [-0.2, -0.15) is 0 Å². The minimum atomic E-state index is 0.589. The third-order valence-corrected chi connectivity index (χ3v) is 3.82. The molecule has 2 rings (SSSR count). The van der Waals surface area contributed by atoms with Gasteiger partial charge in [0.05, 0.1) is 10.7 Å². The minimum Gasteiger partial charge on any atom is -0.380 e. The molecule has 0 fully saturated rings. The Morgan fingerprint density at radius 3 is 2.44 bits per heavy atom. The van der Waals surface area contributed by atoms with E-state index in [1.54, 1.807) is 6.07 Å². The summed E-state index contributed by atoms with van der Waals surface area (Å²) in [6.07, 6.45) is 0. The first-order chi connectivity index (χ1) is 8.56. The standard InChI is InChI=1S/C13H9BrCl3N/c14-9-2-4-11(16)13(5-9)18-7-8-1-3-10(15)6-12(8)17/h1-6,18H,7H2. The number of halogens is 4. The molecule has 0 spiro atoms. The molecule has 0 saturated carbocycles. The van der Waals surface area contributed by atoms with Gasteiger partial charge in [-0.15, -0.1) is 0 Å². The van der Waals surface area contributed by atoms with Gasteiger partial charge in [0.1, 0.15) is 0 Å². The van der Waals surface area contributed by atoms with Crippen molar-refractivity contribution in [2.24, 2.45) is 0 Å². The second-order valence-corrected chi connectivity index (χ2v) is 5.88. The van der Waals surface area contributed by atoms with E-state index in [0.29, 0.717) is 21.6 Å². The maximum atomic E-state index is 6.10. The van der Waals surface area contributed by atoms with Gasteiger partial charge in [0.2, 0.25) is 0 Å². The van der Waals surface area contributed by atoms with Crippen LogP contribution in [0.4, 0.5) is 5.69 Å². The molecule has 0 bridgehead atoms. The molecule has 0 saturated heterocycles. The summed E-state index contributed by atoms with van der Waals surface area (Å²) in [5, 5.41) is 5.18. The van der Waals surface area contributed by atoms with Crippen LogP contribution >= 0.6 is 50.7 Å². The summed E-state index contributed by atoms with van der Waals surface area (Å²) < 4.78 is 0.969. The van der Waals surface area contributed by atoms with E-state index in [1.165, 1.54) is 0 Å². The number of nitrogens with one attached hydrogen (secondary N) is 1. The summed E-state index contributed by atoms with van der Waals surface area (Å²) in [6, 6.07) is 11.1. The molecule has 0 amide bonds. The first-order valence-electron chi connectivity index (χ1n) is 5.19. The van der Waals surface area contributed by atoms with Gasteiger partial charge in [0.15, 0.2) is 0 Å². The molecular weight excluding hydrogens is 356 g/mol. The fraction of sp³-hybridized carbons (Fsp3) is 0.0769. The Morgan fingerprint density at radius 2 is 1.72 bits per heavy atom. The number of hydrogen-bond acceptors (Lipinski definition) is 1. The molecule has 2 aromatic rings. The van der Waals surface area contributed by atoms with Crippen LogP contribution in [0.25, 0.3) is 0 Å². The van der Waals surface area contributed by atoms with E-state index in [4.69, 9.17) is 34.8 Å². The lowest BCUT2D eigenvalue weighted by Crippen LogP contribution is -2.00. The highest BCUT2D eigenvalue weighted by atomic mass is 79.9. The van der Waals surface area contributed by atoms with Crippen LogP contribution in [0.15, 0.2) is 40.9 Å². The van der Waals surface area contributed by atoms with Gasteiger partial charge in [-0.05, 0) is 35.9 Å². The largest absolute Gasteiger partial charge is 0.380 e. The Labute approximate surface area is 129 Å². The molecule has 0 aliphatic rings. The van der Waals surface area contributed by atoms with Crippen molar-refractivity contribution in [1.82, 2.24) is 0 Å². The molecule has 1 nitrogen and oxygen atoms in total. The summed E-state index contributed by atoms with van der Waals surface area (Å²) in [6.45, 7) is 0.589. The summed E-state index contributed by atoms with van der Waals surface area (Å²) in [4.78, 5) is 0. The Morgan fingerprint density at radius 1 is 0.944 bits per heavy atom. The summed E-state index contributed by atoms with van der Waals surface area (Å²) in [5.74, 6) is 0. The lowest BCUT2D eigenvalue weighted by Gasteiger charge is -2.10. The molecule has 0 unspecified atom stereocenters. The predicted octanol–water partition coefficient (Wildman–Crippen LogP) is 6.02. The zero-order valence-corrected chi connectivity index (χ0v) is 13.0. The molecule has 0 atom stereocenters. The van der Waals surface area contributed by atoms with Gasteiger partial charge in [-0.25, -0.2) is 0 Å². The highest BCUT2D eigenvalue weighted by Crippen LogP contribution is 2.27. The second-order valence-electron chi connectivity index (χ2n) is 3.71. The first-order valence-corrected chi connectivity index (χ1v) is 7.12. The second kappa shape index (κ2) is 6.16. The van der Waals surface area contributed by atoms with Crippen LogP contribution in [-0.2, 0) is 6.54 Å². The molecule has 0 aliphatic carbocycles. The first kappa shape index (κ1) is 14.0. The van der Waals surface area contributed by atoms with Crippen LogP contribution in [0.1, 0.15) is 5.56 Å². The van der Waals surface area contributed by atoms with E-state index in [2.05, 4.69) is 21.2 Å². The van der Waals surface area contributed by atoms with Crippen molar-refractivity contribution in [1.29, 1.82) is 0 Å². The molecule has 0 heterocycles. The Balaban J connectivity index is 2.13. The van der Waals surface area contributed by atoms with Crippen molar-refractivity contribution in [3.63, 3.8) is 0 Å². The van der Waals surface area contributed by atoms with Crippen molar-refractivity contribution >= 4 is 56.4 Å². The van der Waals surface area contributed by atoms with Crippen LogP contribution < -0.4 is 5.32 Å². The monoisotopic (exact) mass is 363 g/mol. The van der Waals surface area contributed by atoms with Crippen molar-refractivity contribution in [3.8, 4) is 0 Å². The average molecular weight is 365 g/mol. The third kappa shape index (κ3) is 3.55. The molecule has 2 aromatic carbocycles. The molecule has 1 N–H and O–H groups in total. The molecule has 0 aromatic heterocycles. The van der Waals surface area contributed by atoms with Crippen LogP contribution in [-0.4, -0.2) is 0 Å². The van der Waals surface area contributed by atoms with Gasteiger partial charge >= 0.3 is 0 Å².